The van der Waals surface area contributed by atoms with E-state index in [-0.39, 0.29) is 11.9 Å². The number of amides is 1. The van der Waals surface area contributed by atoms with E-state index in [2.05, 4.69) is 32.2 Å². The molecule has 1 amide bonds. The number of carbonyl (C=O) groups is 1. The highest BCUT2D eigenvalue weighted by atomic mass is 35.5. The number of hydrogen-bond donors (Lipinski definition) is 1. The Kier molecular flexibility index (Phi) is 6.22. The van der Waals surface area contributed by atoms with E-state index in [1.54, 1.807) is 11.3 Å². The van der Waals surface area contributed by atoms with Crippen LogP contribution in [0.2, 0.25) is 5.02 Å². The van der Waals surface area contributed by atoms with E-state index in [0.29, 0.717) is 13.0 Å². The van der Waals surface area contributed by atoms with E-state index >= 15 is 0 Å². The van der Waals surface area contributed by atoms with Crippen LogP contribution < -0.4 is 5.32 Å². The molecule has 0 spiro atoms. The Hall–Kier alpha value is -2.22. The second-order valence-corrected chi connectivity index (χ2v) is 8.90. The van der Waals surface area contributed by atoms with Crippen LogP contribution >= 0.6 is 22.9 Å². The van der Waals surface area contributed by atoms with Crippen molar-refractivity contribution in [2.45, 2.75) is 46.2 Å². The maximum atomic E-state index is 12.5. The molecule has 1 aliphatic rings. The van der Waals surface area contributed by atoms with Gasteiger partial charge in [-0.1, -0.05) is 29.8 Å². The molecule has 0 fully saturated rings. The summed E-state index contributed by atoms with van der Waals surface area (Å²) in [6.45, 7) is 8.11. The van der Waals surface area contributed by atoms with Gasteiger partial charge in [0, 0.05) is 35.0 Å². The topological polar surface area (TPSA) is 63.1 Å². The second-order valence-electron chi connectivity index (χ2n) is 7.37. The average Bonchev–Trinajstić information content (AvgIpc) is 3.28. The number of thiophene rings is 1. The second kappa shape index (κ2) is 8.88. The number of benzene rings is 1. The number of fused-ring (bicyclic) bond motifs is 3. The van der Waals surface area contributed by atoms with Gasteiger partial charge in [-0.2, -0.15) is 0 Å². The first-order valence-electron chi connectivity index (χ1n) is 10.3. The van der Waals surface area contributed by atoms with Crippen molar-refractivity contribution in [2.24, 2.45) is 0 Å². The Morgan fingerprint density at radius 3 is 2.77 bits per heavy atom. The van der Waals surface area contributed by atoms with E-state index < -0.39 is 0 Å². The Bertz CT molecular complexity index is 1060. The highest BCUT2D eigenvalue weighted by Crippen LogP contribution is 2.39. The number of nitrogens with one attached hydrogen (secondary N) is 1. The molecule has 0 radical (unpaired) electrons. The fourth-order valence-electron chi connectivity index (χ4n) is 3.99. The summed E-state index contributed by atoms with van der Waals surface area (Å²) < 4.78 is 2.12. The van der Waals surface area contributed by atoms with E-state index in [4.69, 9.17) is 11.6 Å². The lowest BCUT2D eigenvalue weighted by Crippen LogP contribution is -2.30. The number of hydrogen-bond acceptors (Lipinski definition) is 5. The van der Waals surface area contributed by atoms with E-state index in [1.807, 2.05) is 43.9 Å². The van der Waals surface area contributed by atoms with Crippen LogP contribution in [-0.2, 0) is 17.8 Å². The summed E-state index contributed by atoms with van der Waals surface area (Å²) in [6, 6.07) is 10.1. The van der Waals surface area contributed by atoms with Gasteiger partial charge in [0.25, 0.3) is 0 Å². The van der Waals surface area contributed by atoms with Crippen LogP contribution in [0, 0.1) is 6.92 Å². The fraction of sp³-hybridized carbons (Fsp3) is 0.409. The van der Waals surface area contributed by atoms with Crippen molar-refractivity contribution in [2.75, 3.05) is 13.1 Å². The summed E-state index contributed by atoms with van der Waals surface area (Å²) in [5.74, 6) is 1.95. The molecule has 2 aromatic heterocycles. The molecular weight excluding hydrogens is 418 g/mol. The normalized spacial score (nSPS) is 15.4. The third-order valence-electron chi connectivity index (χ3n) is 5.58. The molecule has 0 saturated carbocycles. The molecule has 1 unspecified atom stereocenters. The lowest BCUT2D eigenvalue weighted by molar-refractivity contribution is -0.130. The van der Waals surface area contributed by atoms with E-state index in [9.17, 15) is 4.79 Å². The van der Waals surface area contributed by atoms with Crippen LogP contribution in [0.3, 0.4) is 0 Å². The lowest BCUT2D eigenvalue weighted by Gasteiger charge is -2.18. The first kappa shape index (κ1) is 21.0. The molecule has 1 aromatic carbocycles. The minimum atomic E-state index is -0.0433. The van der Waals surface area contributed by atoms with E-state index in [1.165, 1.54) is 4.88 Å². The third-order valence-corrected chi connectivity index (χ3v) is 7.12. The number of carbonyl (C=O) groups excluding carboxylic acids is 1. The Morgan fingerprint density at radius 2 is 2.03 bits per heavy atom. The van der Waals surface area contributed by atoms with Gasteiger partial charge >= 0.3 is 0 Å². The predicted octanol–water partition coefficient (Wildman–Crippen LogP) is 4.28. The SMILES string of the molecule is CCN(CC)C(=O)CCc1cc2c(s1)-n1c(C)nnc1CNC2c1ccccc1Cl. The van der Waals surface area contributed by atoms with Gasteiger partial charge in [0.05, 0.1) is 12.6 Å². The summed E-state index contributed by atoms with van der Waals surface area (Å²) in [5, 5.41) is 14.1. The Labute approximate surface area is 185 Å². The van der Waals surface area contributed by atoms with Crippen molar-refractivity contribution in [1.82, 2.24) is 25.0 Å². The zero-order valence-corrected chi connectivity index (χ0v) is 19.1. The summed E-state index contributed by atoms with van der Waals surface area (Å²) in [7, 11) is 0. The predicted molar refractivity (Wildman–Crippen MR) is 120 cm³/mol. The number of nitrogens with zero attached hydrogens (tertiary/aromatic N) is 4. The van der Waals surface area contributed by atoms with Crippen LogP contribution in [-0.4, -0.2) is 38.7 Å². The van der Waals surface area contributed by atoms with Gasteiger partial charge in [0.1, 0.15) is 10.8 Å². The Balaban J connectivity index is 1.71. The van der Waals surface area contributed by atoms with Crippen LogP contribution in [0.15, 0.2) is 30.3 Å². The third kappa shape index (κ3) is 3.89. The van der Waals surface area contributed by atoms with Gasteiger partial charge in [0.2, 0.25) is 5.91 Å². The average molecular weight is 444 g/mol. The summed E-state index contributed by atoms with van der Waals surface area (Å²) in [5.41, 5.74) is 2.19. The lowest BCUT2D eigenvalue weighted by atomic mass is 10.00. The molecule has 8 heteroatoms. The molecule has 0 bridgehead atoms. The first-order chi connectivity index (χ1) is 14.5. The van der Waals surface area contributed by atoms with Gasteiger partial charge < -0.3 is 4.90 Å². The van der Waals surface area contributed by atoms with Crippen molar-refractivity contribution >= 4 is 28.8 Å². The maximum absolute atomic E-state index is 12.5. The Morgan fingerprint density at radius 1 is 1.27 bits per heavy atom. The molecule has 4 rings (SSSR count). The van der Waals surface area contributed by atoms with Crippen LogP contribution in [0.5, 0.6) is 0 Å². The van der Waals surface area contributed by atoms with Crippen LogP contribution in [0.4, 0.5) is 0 Å². The molecule has 3 aromatic rings. The van der Waals surface area contributed by atoms with Crippen molar-refractivity contribution in [1.29, 1.82) is 0 Å². The largest absolute Gasteiger partial charge is 0.343 e. The van der Waals surface area contributed by atoms with Gasteiger partial charge in [0.15, 0.2) is 5.82 Å². The monoisotopic (exact) mass is 443 g/mol. The number of halogens is 1. The number of rotatable bonds is 6. The fourth-order valence-corrected chi connectivity index (χ4v) is 5.50. The van der Waals surface area contributed by atoms with Crippen molar-refractivity contribution in [3.05, 3.63) is 63.0 Å². The molecule has 158 valence electrons. The highest BCUT2D eigenvalue weighted by molar-refractivity contribution is 7.14. The van der Waals surface area contributed by atoms with Crippen LogP contribution in [0.1, 0.15) is 54.0 Å². The smallest absolute Gasteiger partial charge is 0.222 e. The zero-order chi connectivity index (χ0) is 21.3. The molecular formula is C22H26ClN5OS. The minimum Gasteiger partial charge on any atom is -0.343 e. The van der Waals surface area contributed by atoms with E-state index in [0.717, 1.165) is 52.3 Å². The molecule has 0 saturated heterocycles. The molecule has 6 nitrogen and oxygen atoms in total. The summed E-state index contributed by atoms with van der Waals surface area (Å²) in [6.07, 6.45) is 1.23. The molecule has 1 N–H and O–H groups in total. The molecule has 1 atom stereocenters. The highest BCUT2D eigenvalue weighted by Gasteiger charge is 2.29. The van der Waals surface area contributed by atoms with Gasteiger partial charge in [-0.25, -0.2) is 0 Å². The van der Waals surface area contributed by atoms with Crippen molar-refractivity contribution in [3.63, 3.8) is 0 Å². The van der Waals surface area contributed by atoms with Crippen LogP contribution in [0.25, 0.3) is 5.00 Å². The number of aryl methyl sites for hydroxylation is 2. The minimum absolute atomic E-state index is 0.0433. The van der Waals surface area contributed by atoms with Gasteiger partial charge in [-0.15, -0.1) is 21.5 Å². The van der Waals surface area contributed by atoms with Gasteiger partial charge in [-0.3, -0.25) is 14.7 Å². The van der Waals surface area contributed by atoms with Crippen molar-refractivity contribution in [3.8, 4) is 5.00 Å². The molecule has 0 aliphatic carbocycles. The molecule has 30 heavy (non-hydrogen) atoms. The summed E-state index contributed by atoms with van der Waals surface area (Å²) in [4.78, 5) is 15.6. The number of aromatic nitrogens is 3. The standard InChI is InChI=1S/C22H26ClN5OS/c1-4-27(5-2)20(29)11-10-15-12-17-21(16-8-6-7-9-18(16)23)24-13-19-26-25-14(3)28(19)22(17)30-15/h6-9,12,21,24H,4-5,10-11,13H2,1-3H3. The summed E-state index contributed by atoms with van der Waals surface area (Å²) >= 11 is 8.26. The van der Waals surface area contributed by atoms with Gasteiger partial charge in [-0.05, 0) is 44.9 Å². The first-order valence-corrected chi connectivity index (χ1v) is 11.5. The molecule has 1 aliphatic heterocycles. The zero-order valence-electron chi connectivity index (χ0n) is 17.5. The maximum Gasteiger partial charge on any atom is 0.222 e. The quantitative estimate of drug-likeness (QED) is 0.617. The molecule has 3 heterocycles. The van der Waals surface area contributed by atoms with Crippen molar-refractivity contribution < 1.29 is 4.79 Å².